The van der Waals surface area contributed by atoms with Gasteiger partial charge in [0.25, 0.3) is 0 Å². The summed E-state index contributed by atoms with van der Waals surface area (Å²) in [6, 6.07) is 5.05. The molecule has 3 rings (SSSR count). The Hall–Kier alpha value is -1.35. The number of rotatable bonds is 0. The summed E-state index contributed by atoms with van der Waals surface area (Å²) < 4.78 is 15.5. The molecule has 2 aromatic rings. The topological polar surface area (TPSA) is 17.0 Å². The lowest BCUT2D eigenvalue weighted by Gasteiger charge is -2.32. The normalized spacial score (nSPS) is 18.4. The Morgan fingerprint density at radius 2 is 2.12 bits per heavy atom. The van der Waals surface area contributed by atoms with Crippen LogP contribution in [0.25, 0.3) is 10.9 Å². The van der Waals surface area contributed by atoms with Crippen LogP contribution >= 0.6 is 0 Å². The number of hydrogen-bond acceptors (Lipinski definition) is 1. The van der Waals surface area contributed by atoms with E-state index in [0.29, 0.717) is 0 Å². The zero-order chi connectivity index (χ0) is 12.2. The second-order valence-electron chi connectivity index (χ2n) is 5.56. The van der Waals surface area contributed by atoms with Gasteiger partial charge in [0.15, 0.2) is 0 Å². The average molecular weight is 232 g/mol. The van der Waals surface area contributed by atoms with E-state index in [1.54, 1.807) is 6.07 Å². The van der Waals surface area contributed by atoms with Crippen molar-refractivity contribution in [1.82, 2.24) is 9.88 Å². The zero-order valence-electron chi connectivity index (χ0n) is 10.5. The minimum Gasteiger partial charge on any atom is -0.347 e. The molecule has 0 unspecified atom stereocenters. The lowest BCUT2D eigenvalue weighted by molar-refractivity contribution is 0.356. The fraction of sp³-hybridized carbons (Fsp3) is 0.429. The van der Waals surface area contributed by atoms with E-state index in [1.165, 1.54) is 17.3 Å². The van der Waals surface area contributed by atoms with Crippen LogP contribution in [-0.4, -0.2) is 10.1 Å². The molecule has 0 amide bonds. The fourth-order valence-electron chi connectivity index (χ4n) is 2.78. The van der Waals surface area contributed by atoms with E-state index in [4.69, 9.17) is 0 Å². The van der Waals surface area contributed by atoms with Gasteiger partial charge in [-0.1, -0.05) is 0 Å². The zero-order valence-corrected chi connectivity index (χ0v) is 10.5. The van der Waals surface area contributed by atoms with Gasteiger partial charge in [0.2, 0.25) is 0 Å². The van der Waals surface area contributed by atoms with Crippen molar-refractivity contribution in [3.8, 4) is 0 Å². The second-order valence-corrected chi connectivity index (χ2v) is 5.56. The summed E-state index contributed by atoms with van der Waals surface area (Å²) in [5, 5.41) is 4.55. The van der Waals surface area contributed by atoms with Crippen LogP contribution in [0.5, 0.6) is 0 Å². The minimum atomic E-state index is -0.157. The van der Waals surface area contributed by atoms with Crippen LogP contribution in [0.4, 0.5) is 4.39 Å². The van der Waals surface area contributed by atoms with Crippen molar-refractivity contribution >= 4 is 10.9 Å². The SMILES string of the molecule is Cn1c2c(c3cc(F)ccc31)CNC(C)(C)C2. The first-order valence-corrected chi connectivity index (χ1v) is 5.99. The fourth-order valence-corrected chi connectivity index (χ4v) is 2.78. The Kier molecular flexibility index (Phi) is 2.11. The summed E-state index contributed by atoms with van der Waals surface area (Å²) in [4.78, 5) is 0. The van der Waals surface area contributed by atoms with Crippen LogP contribution in [0.3, 0.4) is 0 Å². The van der Waals surface area contributed by atoms with Crippen molar-refractivity contribution in [2.45, 2.75) is 32.4 Å². The molecule has 3 heteroatoms. The monoisotopic (exact) mass is 232 g/mol. The molecule has 90 valence electrons. The number of aryl methyl sites for hydroxylation is 1. The quantitative estimate of drug-likeness (QED) is 0.739. The summed E-state index contributed by atoms with van der Waals surface area (Å²) in [6.07, 6.45) is 0.981. The van der Waals surface area contributed by atoms with Gasteiger partial charge in [-0.25, -0.2) is 4.39 Å². The maximum absolute atomic E-state index is 13.3. The molecule has 1 aromatic heterocycles. The average Bonchev–Trinajstić information content (AvgIpc) is 2.51. The Balaban J connectivity index is 2.29. The summed E-state index contributed by atoms with van der Waals surface area (Å²) in [7, 11) is 2.07. The molecule has 0 saturated carbocycles. The molecule has 0 atom stereocenters. The maximum Gasteiger partial charge on any atom is 0.123 e. The highest BCUT2D eigenvalue weighted by atomic mass is 19.1. The number of nitrogens with zero attached hydrogens (tertiary/aromatic N) is 1. The first kappa shape index (κ1) is 10.8. The van der Waals surface area contributed by atoms with Gasteiger partial charge in [-0.05, 0) is 37.6 Å². The summed E-state index contributed by atoms with van der Waals surface area (Å²) in [6.45, 7) is 5.23. The molecule has 2 heterocycles. The number of fused-ring (bicyclic) bond motifs is 3. The highest BCUT2D eigenvalue weighted by Gasteiger charge is 2.28. The van der Waals surface area contributed by atoms with Gasteiger partial charge in [0, 0.05) is 42.1 Å². The van der Waals surface area contributed by atoms with E-state index in [-0.39, 0.29) is 11.4 Å². The van der Waals surface area contributed by atoms with Gasteiger partial charge in [0.05, 0.1) is 0 Å². The maximum atomic E-state index is 13.3. The van der Waals surface area contributed by atoms with Crippen LogP contribution in [0.1, 0.15) is 25.1 Å². The minimum absolute atomic E-state index is 0.119. The number of halogens is 1. The van der Waals surface area contributed by atoms with Crippen molar-refractivity contribution in [3.63, 3.8) is 0 Å². The lowest BCUT2D eigenvalue weighted by atomic mass is 9.91. The Morgan fingerprint density at radius 3 is 2.88 bits per heavy atom. The Bertz CT molecular complexity index is 596. The predicted molar refractivity (Wildman–Crippen MR) is 67.5 cm³/mol. The van der Waals surface area contributed by atoms with Crippen molar-refractivity contribution in [1.29, 1.82) is 0 Å². The van der Waals surface area contributed by atoms with E-state index in [0.717, 1.165) is 23.9 Å². The molecule has 1 N–H and O–H groups in total. The summed E-state index contributed by atoms with van der Waals surface area (Å²) in [5.41, 5.74) is 3.82. The van der Waals surface area contributed by atoms with Crippen molar-refractivity contribution in [2.24, 2.45) is 7.05 Å². The van der Waals surface area contributed by atoms with Crippen LogP contribution < -0.4 is 5.32 Å². The van der Waals surface area contributed by atoms with E-state index < -0.39 is 0 Å². The molecular formula is C14H17FN2. The van der Waals surface area contributed by atoms with Crippen LogP contribution in [0.15, 0.2) is 18.2 Å². The standard InChI is InChI=1S/C14H17FN2/c1-14(2)7-13-11(8-16-14)10-6-9(15)4-5-12(10)17(13)3/h4-6,16H,7-8H2,1-3H3. The predicted octanol–water partition coefficient (Wildman–Crippen LogP) is 2.74. The molecule has 0 fully saturated rings. The molecule has 0 aliphatic carbocycles. The van der Waals surface area contributed by atoms with Crippen LogP contribution in [0.2, 0.25) is 0 Å². The van der Waals surface area contributed by atoms with E-state index in [2.05, 4.69) is 30.8 Å². The molecule has 0 radical (unpaired) electrons. The van der Waals surface area contributed by atoms with Gasteiger partial charge < -0.3 is 9.88 Å². The van der Waals surface area contributed by atoms with E-state index in [1.807, 2.05) is 6.07 Å². The molecule has 1 aliphatic heterocycles. The van der Waals surface area contributed by atoms with Crippen molar-refractivity contribution < 1.29 is 4.39 Å². The highest BCUT2D eigenvalue weighted by molar-refractivity contribution is 5.86. The second kappa shape index (κ2) is 3.33. The largest absolute Gasteiger partial charge is 0.347 e. The summed E-state index contributed by atoms with van der Waals surface area (Å²) in [5.74, 6) is -0.157. The Morgan fingerprint density at radius 1 is 1.35 bits per heavy atom. The van der Waals surface area contributed by atoms with Gasteiger partial charge >= 0.3 is 0 Å². The number of benzene rings is 1. The first-order valence-electron chi connectivity index (χ1n) is 5.99. The van der Waals surface area contributed by atoms with E-state index >= 15 is 0 Å². The molecule has 0 saturated heterocycles. The third-order valence-corrected chi connectivity index (χ3v) is 3.75. The summed E-state index contributed by atoms with van der Waals surface area (Å²) >= 11 is 0. The van der Waals surface area contributed by atoms with Crippen molar-refractivity contribution in [2.75, 3.05) is 0 Å². The van der Waals surface area contributed by atoms with Gasteiger partial charge in [0.1, 0.15) is 5.82 Å². The lowest BCUT2D eigenvalue weighted by Crippen LogP contribution is -2.44. The van der Waals surface area contributed by atoms with Crippen LogP contribution in [0, 0.1) is 5.82 Å². The number of hydrogen-bond donors (Lipinski definition) is 1. The molecule has 17 heavy (non-hydrogen) atoms. The molecule has 0 spiro atoms. The molecule has 1 aliphatic rings. The van der Waals surface area contributed by atoms with Gasteiger partial charge in [-0.3, -0.25) is 0 Å². The highest BCUT2D eigenvalue weighted by Crippen LogP contribution is 2.31. The Labute approximate surface area is 100 Å². The number of nitrogens with one attached hydrogen (secondary N) is 1. The molecule has 2 nitrogen and oxygen atoms in total. The molecule has 1 aromatic carbocycles. The van der Waals surface area contributed by atoms with Crippen molar-refractivity contribution in [3.05, 3.63) is 35.3 Å². The molecule has 0 bridgehead atoms. The third-order valence-electron chi connectivity index (χ3n) is 3.75. The van der Waals surface area contributed by atoms with Gasteiger partial charge in [-0.15, -0.1) is 0 Å². The van der Waals surface area contributed by atoms with Gasteiger partial charge in [-0.2, -0.15) is 0 Å². The first-order chi connectivity index (χ1) is 7.98. The van der Waals surface area contributed by atoms with E-state index in [9.17, 15) is 4.39 Å². The third kappa shape index (κ3) is 1.57. The van der Waals surface area contributed by atoms with Crippen LogP contribution in [-0.2, 0) is 20.0 Å². The molecular weight excluding hydrogens is 215 g/mol. The number of aromatic nitrogens is 1. The smallest absolute Gasteiger partial charge is 0.123 e.